The molecule has 1 aliphatic carbocycles. The number of methoxy groups -OCH3 is 1. The number of nitrogens with zero attached hydrogens (tertiary/aromatic N) is 4. The van der Waals surface area contributed by atoms with Crippen LogP contribution >= 0.6 is 0 Å². The molecule has 0 N–H and O–H groups in total. The van der Waals surface area contributed by atoms with Gasteiger partial charge in [-0.05, 0) is 24.3 Å². The number of Topliss-reactive ketones (excluding diaryl/α,β-unsaturated/α-hetero) is 2. The van der Waals surface area contributed by atoms with Gasteiger partial charge in [-0.25, -0.2) is 0 Å². The quantitative estimate of drug-likeness (QED) is 0.700. The van der Waals surface area contributed by atoms with Crippen molar-refractivity contribution in [3.8, 4) is 0 Å². The van der Waals surface area contributed by atoms with Gasteiger partial charge in [0.15, 0.2) is 0 Å². The fraction of sp³-hybridized carbons (Fsp3) is 0.286. The first-order valence-electron chi connectivity index (χ1n) is 9.11. The Morgan fingerprint density at radius 3 is 2.45 bits per heavy atom. The van der Waals surface area contributed by atoms with Gasteiger partial charge in [0.1, 0.15) is 23.7 Å². The predicted molar refractivity (Wildman–Crippen MR) is 105 cm³/mol. The number of ketones is 2. The zero-order valence-corrected chi connectivity index (χ0v) is 16.6. The smallest absolute Gasteiger partial charge is 0.252 e. The van der Waals surface area contributed by atoms with Crippen molar-refractivity contribution in [1.82, 2.24) is 19.8 Å². The Hall–Kier alpha value is -3.39. The van der Waals surface area contributed by atoms with Crippen molar-refractivity contribution in [3.05, 3.63) is 71.1 Å². The van der Waals surface area contributed by atoms with E-state index < -0.39 is 11.7 Å². The highest BCUT2D eigenvalue weighted by Gasteiger charge is 2.38. The number of rotatable bonds is 7. The van der Waals surface area contributed by atoms with E-state index in [4.69, 9.17) is 4.74 Å². The molecule has 29 heavy (non-hydrogen) atoms. The second kappa shape index (κ2) is 8.74. The molecular formula is C21H22N4O4. The first kappa shape index (κ1) is 20.3. The van der Waals surface area contributed by atoms with Crippen LogP contribution in [-0.2, 0) is 16.0 Å². The number of hydrogen-bond donors (Lipinski definition) is 0. The first-order chi connectivity index (χ1) is 14.0. The van der Waals surface area contributed by atoms with Gasteiger partial charge in [-0.15, -0.1) is 0 Å². The monoisotopic (exact) mass is 394 g/mol. The van der Waals surface area contributed by atoms with Crippen LogP contribution in [-0.4, -0.2) is 71.6 Å². The maximum Gasteiger partial charge on any atom is 0.252 e. The Morgan fingerprint density at radius 1 is 1.00 bits per heavy atom. The van der Waals surface area contributed by atoms with Gasteiger partial charge in [-0.1, -0.05) is 6.07 Å². The van der Waals surface area contributed by atoms with E-state index in [2.05, 4.69) is 9.97 Å². The summed E-state index contributed by atoms with van der Waals surface area (Å²) >= 11 is 0. The number of carbonyl (C=O) groups excluding carboxylic acids is 3. The van der Waals surface area contributed by atoms with Gasteiger partial charge in [-0.3, -0.25) is 24.4 Å². The molecule has 2 heterocycles. The molecular weight excluding hydrogens is 372 g/mol. The maximum absolute atomic E-state index is 13.2. The molecule has 0 saturated heterocycles. The number of carbonyl (C=O) groups is 3. The number of aromatic nitrogens is 2. The molecule has 0 saturated carbocycles. The summed E-state index contributed by atoms with van der Waals surface area (Å²) in [6.07, 6.45) is 3.73. The van der Waals surface area contributed by atoms with Gasteiger partial charge in [0.25, 0.3) is 5.91 Å². The second-order valence-corrected chi connectivity index (χ2v) is 6.63. The van der Waals surface area contributed by atoms with E-state index in [9.17, 15) is 14.4 Å². The summed E-state index contributed by atoms with van der Waals surface area (Å²) < 4.78 is 4.90. The van der Waals surface area contributed by atoms with Crippen molar-refractivity contribution in [3.63, 3.8) is 0 Å². The number of fused-ring (bicyclic) bond motifs is 1. The van der Waals surface area contributed by atoms with Crippen LogP contribution < -0.4 is 0 Å². The van der Waals surface area contributed by atoms with E-state index in [0.717, 1.165) is 5.69 Å². The summed E-state index contributed by atoms with van der Waals surface area (Å²) in [6, 6.07) is 8.80. The molecule has 8 nitrogen and oxygen atoms in total. The molecule has 0 radical (unpaired) electrons. The average Bonchev–Trinajstić information content (AvgIpc) is 2.74. The molecule has 0 fully saturated rings. The molecule has 0 spiro atoms. The molecule has 3 rings (SSSR count). The van der Waals surface area contributed by atoms with Crippen molar-refractivity contribution in [1.29, 1.82) is 0 Å². The van der Waals surface area contributed by atoms with Crippen molar-refractivity contribution >= 4 is 17.5 Å². The number of hydrogen-bond acceptors (Lipinski definition) is 7. The molecule has 0 atom stereocenters. The fourth-order valence-electron chi connectivity index (χ4n) is 3.17. The zero-order valence-electron chi connectivity index (χ0n) is 16.6. The molecule has 1 aliphatic rings. The van der Waals surface area contributed by atoms with Crippen LogP contribution in [0.25, 0.3) is 0 Å². The molecule has 2 aromatic rings. The lowest BCUT2D eigenvalue weighted by molar-refractivity contribution is -0.131. The van der Waals surface area contributed by atoms with Crippen LogP contribution in [0.4, 0.5) is 0 Å². The van der Waals surface area contributed by atoms with Gasteiger partial charge in [0.2, 0.25) is 11.6 Å². The molecule has 8 heteroatoms. The maximum atomic E-state index is 13.2. The topological polar surface area (TPSA) is 92.7 Å². The number of pyridine rings is 2. The van der Waals surface area contributed by atoms with Crippen molar-refractivity contribution in [2.45, 2.75) is 6.42 Å². The lowest BCUT2D eigenvalue weighted by Gasteiger charge is -2.31. The van der Waals surface area contributed by atoms with Gasteiger partial charge >= 0.3 is 0 Å². The molecule has 150 valence electrons. The summed E-state index contributed by atoms with van der Waals surface area (Å²) in [5.41, 5.74) is 1.31. The van der Waals surface area contributed by atoms with Crippen LogP contribution in [0.1, 0.15) is 26.5 Å². The third-order valence-electron chi connectivity index (χ3n) is 4.71. The summed E-state index contributed by atoms with van der Waals surface area (Å²) in [6.45, 7) is 0.234. The second-order valence-electron chi connectivity index (χ2n) is 6.63. The third-order valence-corrected chi connectivity index (χ3v) is 4.71. The Balaban J connectivity index is 2.00. The Bertz CT molecular complexity index is 972. The summed E-state index contributed by atoms with van der Waals surface area (Å²) in [7, 11) is 4.58. The van der Waals surface area contributed by atoms with Gasteiger partial charge in [0, 0.05) is 52.3 Å². The summed E-state index contributed by atoms with van der Waals surface area (Å²) in [5.74, 6) is -1.24. The normalized spacial score (nSPS) is 13.3. The Kier molecular flexibility index (Phi) is 6.13. The van der Waals surface area contributed by atoms with Gasteiger partial charge in [0.05, 0.1) is 5.56 Å². The highest BCUT2D eigenvalue weighted by atomic mass is 16.5. The lowest BCUT2D eigenvalue weighted by Crippen LogP contribution is -2.41. The Morgan fingerprint density at radius 2 is 1.76 bits per heavy atom. The van der Waals surface area contributed by atoms with Crippen LogP contribution in [0.15, 0.2) is 54.1 Å². The van der Waals surface area contributed by atoms with E-state index in [1.54, 1.807) is 30.3 Å². The number of likely N-dealkylation sites (N-methyl/N-ethyl adjacent to an activating group) is 2. The number of ether oxygens (including phenoxy) is 1. The van der Waals surface area contributed by atoms with E-state index in [1.807, 2.05) is 18.2 Å². The molecule has 0 bridgehead atoms. The molecule has 2 aromatic heterocycles. The first-order valence-corrected chi connectivity index (χ1v) is 9.11. The summed E-state index contributed by atoms with van der Waals surface area (Å²) in [4.78, 5) is 50.0. The number of allylic oxidation sites excluding steroid dienone is 2. The molecule has 0 aliphatic heterocycles. The Labute approximate surface area is 168 Å². The van der Waals surface area contributed by atoms with E-state index in [1.165, 1.54) is 25.3 Å². The van der Waals surface area contributed by atoms with Gasteiger partial charge in [-0.2, -0.15) is 0 Å². The van der Waals surface area contributed by atoms with E-state index in [0.29, 0.717) is 13.0 Å². The van der Waals surface area contributed by atoms with Crippen molar-refractivity contribution in [2.75, 3.05) is 34.4 Å². The minimum Gasteiger partial charge on any atom is -0.375 e. The minimum absolute atomic E-state index is 0.00627. The predicted octanol–water partition coefficient (Wildman–Crippen LogP) is 1.35. The SMILES string of the molecule is COCC(=O)N(C)C1=C(N(C)CCc2ccccn2)C(=O)c2cccnc2C1=O. The van der Waals surface area contributed by atoms with Gasteiger partial charge < -0.3 is 14.5 Å². The van der Waals surface area contributed by atoms with Crippen LogP contribution in [0.2, 0.25) is 0 Å². The molecule has 1 amide bonds. The zero-order chi connectivity index (χ0) is 21.0. The van der Waals surface area contributed by atoms with Crippen LogP contribution in [0, 0.1) is 0 Å². The number of amides is 1. The fourth-order valence-corrected chi connectivity index (χ4v) is 3.17. The average molecular weight is 394 g/mol. The van der Waals surface area contributed by atoms with Crippen LogP contribution in [0.3, 0.4) is 0 Å². The largest absolute Gasteiger partial charge is 0.375 e. The lowest BCUT2D eigenvalue weighted by atomic mass is 9.93. The minimum atomic E-state index is -0.466. The standard InChI is InChI=1S/C21H22N4O4/c1-24(12-9-14-7-4-5-10-22-14)18-19(25(2)16(26)13-29-3)21(28)17-15(20(18)27)8-6-11-23-17/h4-8,10-11H,9,12-13H2,1-3H3. The highest BCUT2D eigenvalue weighted by molar-refractivity contribution is 6.26. The van der Waals surface area contributed by atoms with E-state index >= 15 is 0 Å². The van der Waals surface area contributed by atoms with Crippen molar-refractivity contribution < 1.29 is 19.1 Å². The summed E-state index contributed by atoms with van der Waals surface area (Å²) in [5, 5.41) is 0. The molecule has 0 unspecified atom stereocenters. The van der Waals surface area contributed by atoms with Crippen molar-refractivity contribution in [2.24, 2.45) is 0 Å². The van der Waals surface area contributed by atoms with Crippen LogP contribution in [0.5, 0.6) is 0 Å². The highest BCUT2D eigenvalue weighted by Crippen LogP contribution is 2.28. The van der Waals surface area contributed by atoms with E-state index in [-0.39, 0.29) is 35.0 Å². The molecule has 0 aromatic carbocycles. The third kappa shape index (κ3) is 4.07.